The molecule has 3 aromatic rings. The van der Waals surface area contributed by atoms with Crippen LogP contribution in [-0.4, -0.2) is 16.0 Å². The third kappa shape index (κ3) is 3.26. The number of benzene rings is 2. The summed E-state index contributed by atoms with van der Waals surface area (Å²) >= 11 is 0. The Morgan fingerprint density at radius 3 is 2.72 bits per heavy atom. The highest BCUT2D eigenvalue weighted by Gasteiger charge is 2.29. The van der Waals surface area contributed by atoms with Gasteiger partial charge in [0.25, 0.3) is 5.91 Å². The van der Waals surface area contributed by atoms with Gasteiger partial charge in [0.1, 0.15) is 0 Å². The van der Waals surface area contributed by atoms with Crippen LogP contribution in [0.25, 0.3) is 11.4 Å². The highest BCUT2D eigenvalue weighted by atomic mass is 19.2. The lowest BCUT2D eigenvalue weighted by molar-refractivity contribution is 0.102. The van der Waals surface area contributed by atoms with Gasteiger partial charge in [-0.2, -0.15) is 4.98 Å². The number of hydrogen-bond donors (Lipinski definition) is 1. The second-order valence-electron chi connectivity index (χ2n) is 5.89. The van der Waals surface area contributed by atoms with Gasteiger partial charge in [-0.25, -0.2) is 8.78 Å². The summed E-state index contributed by atoms with van der Waals surface area (Å²) in [5, 5.41) is 6.60. The molecule has 1 aromatic heterocycles. The predicted octanol–water partition coefficient (Wildman–Crippen LogP) is 4.14. The first-order valence-corrected chi connectivity index (χ1v) is 7.80. The number of carbonyl (C=O) groups is 1. The van der Waals surface area contributed by atoms with E-state index in [-0.39, 0.29) is 5.56 Å². The third-order valence-corrected chi connectivity index (χ3v) is 3.93. The summed E-state index contributed by atoms with van der Waals surface area (Å²) in [6.07, 6.45) is 2.12. The fourth-order valence-corrected chi connectivity index (χ4v) is 2.43. The lowest BCUT2D eigenvalue weighted by Crippen LogP contribution is -2.12. The van der Waals surface area contributed by atoms with Crippen LogP contribution in [0.4, 0.5) is 14.5 Å². The third-order valence-electron chi connectivity index (χ3n) is 3.93. The molecule has 2 aromatic carbocycles. The summed E-state index contributed by atoms with van der Waals surface area (Å²) in [5.74, 6) is -1.17. The van der Waals surface area contributed by atoms with Gasteiger partial charge in [-0.15, -0.1) is 0 Å². The molecular formula is C18H13F2N3O2. The zero-order valence-corrected chi connectivity index (χ0v) is 13.0. The molecule has 1 amide bonds. The van der Waals surface area contributed by atoms with Crippen LogP contribution in [0.1, 0.15) is 35.0 Å². The molecule has 7 heteroatoms. The van der Waals surface area contributed by atoms with E-state index in [1.54, 1.807) is 24.3 Å². The number of aromatic nitrogens is 2. The number of rotatable bonds is 4. The van der Waals surface area contributed by atoms with Crippen LogP contribution in [-0.2, 0) is 0 Å². The summed E-state index contributed by atoms with van der Waals surface area (Å²) in [6, 6.07) is 9.91. The van der Waals surface area contributed by atoms with Crippen LogP contribution in [0, 0.1) is 11.6 Å². The van der Waals surface area contributed by atoms with E-state index in [1.807, 2.05) is 0 Å². The minimum Gasteiger partial charge on any atom is -0.339 e. The first-order chi connectivity index (χ1) is 12.1. The highest BCUT2D eigenvalue weighted by Crippen LogP contribution is 2.39. The number of carbonyl (C=O) groups excluding carboxylic acids is 1. The quantitative estimate of drug-likeness (QED) is 0.774. The number of nitrogens with zero attached hydrogens (tertiary/aromatic N) is 2. The molecule has 1 aliphatic carbocycles. The molecule has 126 valence electrons. The number of hydrogen-bond acceptors (Lipinski definition) is 4. The van der Waals surface area contributed by atoms with Gasteiger partial charge >= 0.3 is 0 Å². The Kier molecular flexibility index (Phi) is 3.76. The Morgan fingerprint density at radius 1 is 1.12 bits per heavy atom. The molecule has 0 saturated heterocycles. The molecule has 1 aliphatic rings. The number of anilines is 1. The zero-order valence-electron chi connectivity index (χ0n) is 13.0. The van der Waals surface area contributed by atoms with Crippen LogP contribution in [0.2, 0.25) is 0 Å². The first-order valence-electron chi connectivity index (χ1n) is 7.80. The van der Waals surface area contributed by atoms with E-state index in [1.165, 1.54) is 6.07 Å². The second kappa shape index (κ2) is 6.08. The van der Waals surface area contributed by atoms with E-state index in [9.17, 15) is 13.6 Å². The SMILES string of the molecule is O=C(Nc1cccc(-c2noc(C3CC3)n2)c1)c1ccc(F)c(F)c1. The van der Waals surface area contributed by atoms with Crippen molar-refractivity contribution in [2.45, 2.75) is 18.8 Å². The Bertz CT molecular complexity index is 951. The van der Waals surface area contributed by atoms with Crippen molar-refractivity contribution in [2.24, 2.45) is 0 Å². The zero-order chi connectivity index (χ0) is 17.4. The maximum Gasteiger partial charge on any atom is 0.255 e. The maximum absolute atomic E-state index is 13.3. The summed E-state index contributed by atoms with van der Waals surface area (Å²) in [6.45, 7) is 0. The molecule has 0 aliphatic heterocycles. The average molecular weight is 341 g/mol. The molecule has 0 bridgehead atoms. The summed E-state index contributed by atoms with van der Waals surface area (Å²) < 4.78 is 31.4. The van der Waals surface area contributed by atoms with E-state index in [0.717, 1.165) is 25.0 Å². The molecule has 1 N–H and O–H groups in total. The Balaban J connectivity index is 1.54. The average Bonchev–Trinajstić information content (AvgIpc) is 3.34. The fraction of sp³-hybridized carbons (Fsp3) is 0.167. The minimum atomic E-state index is -1.07. The molecule has 5 nitrogen and oxygen atoms in total. The van der Waals surface area contributed by atoms with Gasteiger partial charge in [-0.05, 0) is 43.2 Å². The lowest BCUT2D eigenvalue weighted by atomic mass is 10.1. The number of amides is 1. The van der Waals surface area contributed by atoms with Crippen LogP contribution >= 0.6 is 0 Å². The van der Waals surface area contributed by atoms with Crippen molar-refractivity contribution in [3.63, 3.8) is 0 Å². The Labute approximate surface area is 141 Å². The number of halogens is 2. The normalized spacial score (nSPS) is 13.7. The molecular weight excluding hydrogens is 328 g/mol. The van der Waals surface area contributed by atoms with Gasteiger partial charge < -0.3 is 9.84 Å². The summed E-state index contributed by atoms with van der Waals surface area (Å²) in [4.78, 5) is 16.5. The van der Waals surface area contributed by atoms with Crippen LogP contribution in [0.3, 0.4) is 0 Å². The van der Waals surface area contributed by atoms with Crippen molar-refractivity contribution in [1.82, 2.24) is 10.1 Å². The van der Waals surface area contributed by atoms with Crippen LogP contribution in [0.5, 0.6) is 0 Å². The minimum absolute atomic E-state index is 0.0277. The van der Waals surface area contributed by atoms with E-state index < -0.39 is 17.5 Å². The molecule has 0 radical (unpaired) electrons. The Hall–Kier alpha value is -3.09. The van der Waals surface area contributed by atoms with E-state index >= 15 is 0 Å². The van der Waals surface area contributed by atoms with Gasteiger partial charge in [-0.3, -0.25) is 4.79 Å². The van der Waals surface area contributed by atoms with E-state index in [0.29, 0.717) is 28.9 Å². The summed E-state index contributed by atoms with van der Waals surface area (Å²) in [5.41, 5.74) is 1.21. The van der Waals surface area contributed by atoms with Crippen molar-refractivity contribution in [3.8, 4) is 11.4 Å². The first kappa shape index (κ1) is 15.4. The molecule has 1 saturated carbocycles. The molecule has 1 fully saturated rings. The molecule has 0 unspecified atom stereocenters. The lowest BCUT2D eigenvalue weighted by Gasteiger charge is -2.06. The van der Waals surface area contributed by atoms with Crippen LogP contribution < -0.4 is 5.32 Å². The fourth-order valence-electron chi connectivity index (χ4n) is 2.43. The molecule has 0 spiro atoms. The predicted molar refractivity (Wildman–Crippen MR) is 86.0 cm³/mol. The molecule has 0 atom stereocenters. The van der Waals surface area contributed by atoms with Gasteiger partial charge in [0, 0.05) is 22.7 Å². The highest BCUT2D eigenvalue weighted by molar-refractivity contribution is 6.04. The van der Waals surface area contributed by atoms with Crippen molar-refractivity contribution in [1.29, 1.82) is 0 Å². The van der Waals surface area contributed by atoms with Crippen molar-refractivity contribution in [3.05, 3.63) is 65.6 Å². The molecule has 25 heavy (non-hydrogen) atoms. The van der Waals surface area contributed by atoms with Gasteiger partial charge in [0.15, 0.2) is 11.6 Å². The van der Waals surface area contributed by atoms with Gasteiger partial charge in [0.2, 0.25) is 11.7 Å². The van der Waals surface area contributed by atoms with Crippen molar-refractivity contribution >= 4 is 11.6 Å². The molecule has 1 heterocycles. The Morgan fingerprint density at radius 2 is 1.96 bits per heavy atom. The van der Waals surface area contributed by atoms with Crippen molar-refractivity contribution in [2.75, 3.05) is 5.32 Å². The van der Waals surface area contributed by atoms with Crippen LogP contribution in [0.15, 0.2) is 47.0 Å². The van der Waals surface area contributed by atoms with E-state index in [4.69, 9.17) is 4.52 Å². The standard InChI is InChI=1S/C18H13F2N3O2/c19-14-7-6-12(9-15(14)20)17(24)21-13-3-1-2-11(8-13)16-22-18(25-23-16)10-4-5-10/h1-3,6-10H,4-5H2,(H,21,24). The van der Waals surface area contributed by atoms with Gasteiger partial charge in [0.05, 0.1) is 0 Å². The molecule has 4 rings (SSSR count). The largest absolute Gasteiger partial charge is 0.339 e. The van der Waals surface area contributed by atoms with Gasteiger partial charge in [-0.1, -0.05) is 17.3 Å². The maximum atomic E-state index is 13.3. The second-order valence-corrected chi connectivity index (χ2v) is 5.89. The smallest absolute Gasteiger partial charge is 0.255 e. The topological polar surface area (TPSA) is 68.0 Å². The number of nitrogens with one attached hydrogen (secondary N) is 1. The van der Waals surface area contributed by atoms with Crippen molar-refractivity contribution < 1.29 is 18.1 Å². The van der Waals surface area contributed by atoms with E-state index in [2.05, 4.69) is 15.5 Å². The summed E-state index contributed by atoms with van der Waals surface area (Å²) in [7, 11) is 0. The monoisotopic (exact) mass is 341 g/mol.